The third kappa shape index (κ3) is 3.14. The highest BCUT2D eigenvalue weighted by Gasteiger charge is 2.11. The fourth-order valence-electron chi connectivity index (χ4n) is 1.74. The maximum absolute atomic E-state index is 10.9. The normalized spacial score (nSPS) is 10.5. The van der Waals surface area contributed by atoms with Crippen molar-refractivity contribution >= 4 is 17.2 Å². The van der Waals surface area contributed by atoms with Gasteiger partial charge in [-0.2, -0.15) is 0 Å². The lowest BCUT2D eigenvalue weighted by molar-refractivity contribution is -0.119. The number of carbonyl (C=O) groups excluding carboxylic acids is 1. The van der Waals surface area contributed by atoms with Gasteiger partial charge in [0, 0.05) is 24.7 Å². The molecule has 0 spiro atoms. The molecule has 3 aromatic rings. The van der Waals surface area contributed by atoms with Crippen molar-refractivity contribution in [2.75, 3.05) is 0 Å². The Morgan fingerprint density at radius 2 is 2.24 bits per heavy atom. The second-order valence-electron chi connectivity index (χ2n) is 4.30. The fraction of sp³-hybridized carbons (Fsp3) is 0.143. The quantitative estimate of drug-likeness (QED) is 0.800. The molecule has 1 N–H and O–H groups in total. The van der Waals surface area contributed by atoms with Gasteiger partial charge in [-0.3, -0.25) is 14.8 Å². The van der Waals surface area contributed by atoms with Gasteiger partial charge >= 0.3 is 0 Å². The van der Waals surface area contributed by atoms with Gasteiger partial charge in [0.25, 0.3) is 0 Å². The first-order valence-corrected chi connectivity index (χ1v) is 7.16. The molecule has 0 aliphatic carbocycles. The van der Waals surface area contributed by atoms with Crippen LogP contribution in [0, 0.1) is 0 Å². The molecule has 6 nitrogen and oxygen atoms in total. The van der Waals surface area contributed by atoms with Gasteiger partial charge < -0.3 is 9.73 Å². The molecule has 0 saturated heterocycles. The van der Waals surface area contributed by atoms with Crippen molar-refractivity contribution in [2.24, 2.45) is 0 Å². The number of rotatable bonds is 4. The maximum atomic E-state index is 10.9. The van der Waals surface area contributed by atoms with E-state index in [0.29, 0.717) is 18.1 Å². The van der Waals surface area contributed by atoms with Crippen LogP contribution < -0.4 is 5.32 Å². The van der Waals surface area contributed by atoms with E-state index in [9.17, 15) is 4.79 Å². The summed E-state index contributed by atoms with van der Waals surface area (Å²) < 4.78 is 5.66. The molecule has 106 valence electrons. The van der Waals surface area contributed by atoms with Crippen LogP contribution in [0.25, 0.3) is 22.2 Å². The molecular weight excluding hydrogens is 288 g/mol. The number of nitrogens with zero attached hydrogens (tertiary/aromatic N) is 3. The first-order valence-electron chi connectivity index (χ1n) is 6.28. The number of aromatic nitrogens is 3. The molecule has 21 heavy (non-hydrogen) atoms. The molecule has 3 rings (SSSR count). The van der Waals surface area contributed by atoms with Crippen molar-refractivity contribution in [3.05, 3.63) is 41.9 Å². The van der Waals surface area contributed by atoms with Gasteiger partial charge in [0.05, 0.1) is 12.7 Å². The van der Waals surface area contributed by atoms with E-state index in [1.165, 1.54) is 18.3 Å². The van der Waals surface area contributed by atoms with Crippen LogP contribution in [0.1, 0.15) is 12.7 Å². The first kappa shape index (κ1) is 13.4. The van der Waals surface area contributed by atoms with Crippen molar-refractivity contribution in [1.82, 2.24) is 20.3 Å². The Morgan fingerprint density at radius 1 is 1.33 bits per heavy atom. The zero-order chi connectivity index (χ0) is 14.7. The van der Waals surface area contributed by atoms with Crippen LogP contribution in [0.15, 0.2) is 40.5 Å². The number of hydrogen-bond donors (Lipinski definition) is 1. The molecule has 0 saturated carbocycles. The molecule has 0 radical (unpaired) electrons. The third-order valence-electron chi connectivity index (χ3n) is 2.71. The number of amides is 1. The minimum Gasteiger partial charge on any atom is -0.458 e. The summed E-state index contributed by atoms with van der Waals surface area (Å²) in [5.41, 5.74) is 1.48. The summed E-state index contributed by atoms with van der Waals surface area (Å²) in [6.45, 7) is 1.84. The second kappa shape index (κ2) is 5.84. The number of carbonyl (C=O) groups is 1. The predicted molar refractivity (Wildman–Crippen MR) is 78.4 cm³/mol. The SMILES string of the molecule is CC(=O)NCc1ccc(-c2csc(-c3cnccn3)n2)o1. The Bertz CT molecular complexity index is 751. The number of thiazole rings is 1. The second-order valence-corrected chi connectivity index (χ2v) is 5.16. The third-order valence-corrected chi connectivity index (χ3v) is 3.58. The van der Waals surface area contributed by atoms with Crippen molar-refractivity contribution in [2.45, 2.75) is 13.5 Å². The van der Waals surface area contributed by atoms with E-state index in [1.807, 2.05) is 17.5 Å². The number of furan rings is 1. The van der Waals surface area contributed by atoms with Crippen LogP contribution in [-0.2, 0) is 11.3 Å². The van der Waals surface area contributed by atoms with Crippen molar-refractivity contribution in [3.8, 4) is 22.2 Å². The lowest BCUT2D eigenvalue weighted by Crippen LogP contribution is -2.18. The molecule has 0 aromatic carbocycles. The van der Waals surface area contributed by atoms with Crippen molar-refractivity contribution in [1.29, 1.82) is 0 Å². The molecular formula is C14H12N4O2S. The maximum Gasteiger partial charge on any atom is 0.217 e. The summed E-state index contributed by atoms with van der Waals surface area (Å²) in [4.78, 5) is 23.6. The van der Waals surface area contributed by atoms with Crippen LogP contribution in [0.5, 0.6) is 0 Å². The Balaban J connectivity index is 1.79. The zero-order valence-electron chi connectivity index (χ0n) is 11.2. The van der Waals surface area contributed by atoms with Crippen LogP contribution in [0.3, 0.4) is 0 Å². The Hall–Kier alpha value is -2.54. The molecule has 0 bridgehead atoms. The van der Waals surface area contributed by atoms with Gasteiger partial charge in [0.15, 0.2) is 5.76 Å². The Kier molecular flexibility index (Phi) is 3.74. The predicted octanol–water partition coefficient (Wildman–Crippen LogP) is 2.50. The van der Waals surface area contributed by atoms with E-state index >= 15 is 0 Å². The average Bonchev–Trinajstić information content (AvgIpc) is 3.15. The van der Waals surface area contributed by atoms with E-state index in [0.717, 1.165) is 16.4 Å². The monoisotopic (exact) mass is 300 g/mol. The molecule has 0 unspecified atom stereocenters. The van der Waals surface area contributed by atoms with Gasteiger partial charge in [-0.25, -0.2) is 4.98 Å². The average molecular weight is 300 g/mol. The van der Waals surface area contributed by atoms with E-state index in [-0.39, 0.29) is 5.91 Å². The molecule has 0 atom stereocenters. The lowest BCUT2D eigenvalue weighted by atomic mass is 10.3. The minimum absolute atomic E-state index is 0.0912. The zero-order valence-corrected chi connectivity index (χ0v) is 12.1. The summed E-state index contributed by atoms with van der Waals surface area (Å²) in [6.07, 6.45) is 4.93. The number of hydrogen-bond acceptors (Lipinski definition) is 6. The summed E-state index contributed by atoms with van der Waals surface area (Å²) in [7, 11) is 0. The first-order chi connectivity index (χ1) is 10.2. The molecule has 0 aliphatic rings. The van der Waals surface area contributed by atoms with Gasteiger partial charge in [0.2, 0.25) is 5.91 Å². The van der Waals surface area contributed by atoms with Crippen LogP contribution in [-0.4, -0.2) is 20.9 Å². The summed E-state index contributed by atoms with van der Waals surface area (Å²) in [5.74, 6) is 1.27. The van der Waals surface area contributed by atoms with Gasteiger partial charge in [-0.15, -0.1) is 11.3 Å². The van der Waals surface area contributed by atoms with Crippen LogP contribution in [0.4, 0.5) is 0 Å². The molecule has 1 amide bonds. The molecule has 0 aliphatic heterocycles. The van der Waals surface area contributed by atoms with Crippen LogP contribution in [0.2, 0.25) is 0 Å². The summed E-state index contributed by atoms with van der Waals surface area (Å²) in [5, 5.41) is 5.39. The van der Waals surface area contributed by atoms with E-state index in [1.54, 1.807) is 18.6 Å². The standard InChI is InChI=1S/C14H12N4O2S/c1-9(19)17-6-10-2-3-13(20-10)12-8-21-14(18-12)11-7-15-4-5-16-11/h2-5,7-8H,6H2,1H3,(H,17,19). The topological polar surface area (TPSA) is 80.9 Å². The molecule has 3 aromatic heterocycles. The largest absolute Gasteiger partial charge is 0.458 e. The minimum atomic E-state index is -0.0912. The Morgan fingerprint density at radius 3 is 3.00 bits per heavy atom. The lowest BCUT2D eigenvalue weighted by Gasteiger charge is -1.97. The summed E-state index contributed by atoms with van der Waals surface area (Å²) in [6, 6.07) is 3.67. The highest BCUT2D eigenvalue weighted by atomic mass is 32.1. The van der Waals surface area contributed by atoms with E-state index in [4.69, 9.17) is 4.42 Å². The highest BCUT2D eigenvalue weighted by molar-refractivity contribution is 7.13. The van der Waals surface area contributed by atoms with Gasteiger partial charge in [-0.1, -0.05) is 0 Å². The smallest absolute Gasteiger partial charge is 0.217 e. The summed E-state index contributed by atoms with van der Waals surface area (Å²) >= 11 is 1.48. The Labute approximate surface area is 124 Å². The molecule has 0 fully saturated rings. The van der Waals surface area contributed by atoms with Gasteiger partial charge in [-0.05, 0) is 12.1 Å². The van der Waals surface area contributed by atoms with E-state index < -0.39 is 0 Å². The molecule has 7 heteroatoms. The van der Waals surface area contributed by atoms with Crippen molar-refractivity contribution < 1.29 is 9.21 Å². The fourth-order valence-corrected chi connectivity index (χ4v) is 2.51. The molecule has 3 heterocycles. The van der Waals surface area contributed by atoms with Gasteiger partial charge in [0.1, 0.15) is 22.2 Å². The number of nitrogens with one attached hydrogen (secondary N) is 1. The van der Waals surface area contributed by atoms with E-state index in [2.05, 4.69) is 20.3 Å². The van der Waals surface area contributed by atoms with Crippen LogP contribution >= 0.6 is 11.3 Å². The van der Waals surface area contributed by atoms with Crippen molar-refractivity contribution in [3.63, 3.8) is 0 Å². The highest BCUT2D eigenvalue weighted by Crippen LogP contribution is 2.28.